The fourth-order valence-electron chi connectivity index (χ4n) is 1.93. The normalized spacial score (nSPS) is 9.70. The topological polar surface area (TPSA) is 18.5 Å². The van der Waals surface area contributed by atoms with Crippen LogP contribution in [0.3, 0.4) is 0 Å². The summed E-state index contributed by atoms with van der Waals surface area (Å²) in [5, 5.41) is 2.66. The van der Waals surface area contributed by atoms with Crippen molar-refractivity contribution in [3.05, 3.63) is 72.8 Å². The molecular formula is C21H28Cl2O2SiZr-2. The maximum absolute atomic E-state index is 5.59. The number of hydrogen-bond donors (Lipinski definition) is 0. The largest absolute Gasteiger partial charge is 1.00 e. The van der Waals surface area contributed by atoms with E-state index in [1.807, 2.05) is 37.3 Å². The molecule has 148 valence electrons. The third-order valence-electron chi connectivity index (χ3n) is 3.04. The number of rotatable bonds is 5. The van der Waals surface area contributed by atoms with Gasteiger partial charge >= 0.3 is 84.9 Å². The van der Waals surface area contributed by atoms with E-state index in [0.29, 0.717) is 6.61 Å². The Morgan fingerprint density at radius 1 is 0.926 bits per heavy atom. The Bertz CT molecular complexity index is 659. The molecule has 3 rings (SSSR count). The molecule has 0 heterocycles. The second kappa shape index (κ2) is 16.6. The van der Waals surface area contributed by atoms with Crippen molar-refractivity contribution in [2.45, 2.75) is 26.6 Å². The van der Waals surface area contributed by atoms with Gasteiger partial charge in [-0.25, -0.2) is 12.1 Å². The van der Waals surface area contributed by atoms with Gasteiger partial charge in [0.15, 0.2) is 0 Å². The molecule has 0 spiro atoms. The van der Waals surface area contributed by atoms with E-state index in [1.165, 1.54) is 35.0 Å². The molecule has 0 aliphatic heterocycles. The van der Waals surface area contributed by atoms with Gasteiger partial charge in [0.05, 0.1) is 0 Å². The molecule has 3 aromatic rings. The molecule has 0 unspecified atom stereocenters. The molecule has 0 fully saturated rings. The molecule has 0 aliphatic rings. The first-order valence-corrected chi connectivity index (χ1v) is 13.1. The second-order valence-electron chi connectivity index (χ2n) is 6.48. The third kappa shape index (κ3) is 16.3. The van der Waals surface area contributed by atoms with Crippen molar-refractivity contribution in [1.29, 1.82) is 0 Å². The molecule has 0 aromatic heterocycles. The number of fused-ring (bicyclic) bond motifs is 1. The van der Waals surface area contributed by atoms with Crippen LogP contribution in [0.25, 0.3) is 10.8 Å². The summed E-state index contributed by atoms with van der Waals surface area (Å²) in [4.78, 5) is 0. The summed E-state index contributed by atoms with van der Waals surface area (Å²) in [5.74, 6) is 0. The number of hydrogen-bond acceptors (Lipinski definition) is 2. The molecule has 0 aliphatic carbocycles. The van der Waals surface area contributed by atoms with Crippen LogP contribution < -0.4 is 24.8 Å². The number of ether oxygens (including phenoxy) is 1. The van der Waals surface area contributed by atoms with E-state index in [0.717, 1.165) is 10.00 Å². The van der Waals surface area contributed by atoms with Crippen molar-refractivity contribution in [3.8, 4) is 0 Å². The summed E-state index contributed by atoms with van der Waals surface area (Å²) in [7, 11) is -1.31. The molecule has 6 heteroatoms. The van der Waals surface area contributed by atoms with Crippen LogP contribution in [0.1, 0.15) is 6.92 Å². The van der Waals surface area contributed by atoms with Gasteiger partial charge in [0, 0.05) is 0 Å². The molecule has 3 aromatic carbocycles. The average Bonchev–Trinajstić information content (AvgIpc) is 3.24. The predicted octanol–water partition coefficient (Wildman–Crippen LogP) is -0.477. The molecule has 27 heavy (non-hydrogen) atoms. The fourth-order valence-corrected chi connectivity index (χ4v) is 2.88. The van der Waals surface area contributed by atoms with Crippen LogP contribution >= 0.6 is 0 Å². The molecule has 0 saturated carbocycles. The van der Waals surface area contributed by atoms with Crippen molar-refractivity contribution in [1.82, 2.24) is 0 Å². The van der Waals surface area contributed by atoms with Crippen molar-refractivity contribution in [2.75, 3.05) is 13.2 Å². The summed E-state index contributed by atoms with van der Waals surface area (Å²) in [6, 6.07) is 24.7. The Morgan fingerprint density at radius 3 is 2.04 bits per heavy atom. The minimum Gasteiger partial charge on any atom is -1.00 e. The number of benzene rings is 1. The van der Waals surface area contributed by atoms with Crippen molar-refractivity contribution in [3.63, 3.8) is 0 Å². The first-order chi connectivity index (χ1) is 11.9. The molecule has 0 bridgehead atoms. The van der Waals surface area contributed by atoms with Crippen molar-refractivity contribution in [2.24, 2.45) is 0 Å². The van der Waals surface area contributed by atoms with Crippen LogP contribution in [0.15, 0.2) is 72.8 Å². The zero-order valence-corrected chi connectivity index (χ0v) is 21.4. The summed E-state index contributed by atoms with van der Waals surface area (Å²) in [6.07, 6.45) is 0. The van der Waals surface area contributed by atoms with Gasteiger partial charge in [-0.3, -0.25) is 0 Å². The van der Waals surface area contributed by atoms with Gasteiger partial charge in [0.1, 0.15) is 0 Å². The quantitative estimate of drug-likeness (QED) is 0.267. The van der Waals surface area contributed by atoms with E-state index in [9.17, 15) is 0 Å². The first kappa shape index (κ1) is 28.9. The third-order valence-corrected chi connectivity index (χ3v) is 4.47. The van der Waals surface area contributed by atoms with Crippen LogP contribution in [-0.2, 0) is 33.4 Å². The van der Waals surface area contributed by atoms with Crippen LogP contribution in [0.2, 0.25) is 19.6 Å². The predicted molar refractivity (Wildman–Crippen MR) is 108 cm³/mol. The SMILES string of the molecule is C[C](=[Zr+2])OCCO[Si](C)(C)C.[Cl-].[Cl-].c1cc[cH-]c1.c1ccc2[cH-]ccc2c1. The second-order valence-corrected chi connectivity index (χ2v) is 12.7. The minimum atomic E-state index is -1.31. The van der Waals surface area contributed by atoms with E-state index in [1.54, 1.807) is 0 Å². The Balaban J connectivity index is 0. The molecule has 0 radical (unpaired) electrons. The van der Waals surface area contributed by atoms with E-state index < -0.39 is 8.32 Å². The summed E-state index contributed by atoms with van der Waals surface area (Å²) < 4.78 is 12.0. The van der Waals surface area contributed by atoms with Gasteiger partial charge in [0.25, 0.3) is 0 Å². The van der Waals surface area contributed by atoms with Crippen molar-refractivity contribution >= 4 is 22.5 Å². The molecule has 0 atom stereocenters. The van der Waals surface area contributed by atoms with Gasteiger partial charge in [-0.2, -0.15) is 35.7 Å². The van der Waals surface area contributed by atoms with Crippen LogP contribution in [0.5, 0.6) is 0 Å². The molecule has 0 amide bonds. The Hall–Kier alpha value is -0.350. The van der Waals surface area contributed by atoms with Crippen molar-refractivity contribution < 1.29 is 58.2 Å². The summed E-state index contributed by atoms with van der Waals surface area (Å²) in [5.41, 5.74) is 0. The van der Waals surface area contributed by atoms with Gasteiger partial charge in [-0.05, 0) is 0 Å². The van der Waals surface area contributed by atoms with Gasteiger partial charge in [-0.15, -0.1) is 29.7 Å². The first-order valence-electron chi connectivity index (χ1n) is 8.47. The van der Waals surface area contributed by atoms with Gasteiger partial charge < -0.3 is 24.8 Å². The summed E-state index contributed by atoms with van der Waals surface area (Å²) in [6.45, 7) is 9.99. The maximum atomic E-state index is 5.59. The van der Waals surface area contributed by atoms with Gasteiger partial charge in [-0.1, -0.05) is 6.07 Å². The van der Waals surface area contributed by atoms with E-state index >= 15 is 0 Å². The smallest absolute Gasteiger partial charge is 0.0809 e. The zero-order valence-electron chi connectivity index (χ0n) is 16.4. The van der Waals surface area contributed by atoms with E-state index in [2.05, 4.69) is 62.1 Å². The number of halogens is 2. The zero-order chi connectivity index (χ0) is 18.5. The fraction of sp³-hybridized carbons (Fsp3) is 0.286. The Kier molecular flexibility index (Phi) is 17.7. The maximum Gasteiger partial charge on any atom is -0.0809 e. The Morgan fingerprint density at radius 2 is 1.56 bits per heavy atom. The minimum absolute atomic E-state index is 0. The molecule has 2 nitrogen and oxygen atoms in total. The molecular weight excluding hydrogens is 474 g/mol. The molecule has 0 N–H and O–H groups in total. The van der Waals surface area contributed by atoms with Crippen LogP contribution in [0.4, 0.5) is 0 Å². The van der Waals surface area contributed by atoms with E-state index in [4.69, 9.17) is 9.16 Å². The van der Waals surface area contributed by atoms with Crippen LogP contribution in [0, 0.1) is 0 Å². The monoisotopic (exact) mass is 500 g/mol. The van der Waals surface area contributed by atoms with E-state index in [-0.39, 0.29) is 24.8 Å². The van der Waals surface area contributed by atoms with Gasteiger partial charge in [0.2, 0.25) is 0 Å². The summed E-state index contributed by atoms with van der Waals surface area (Å²) >= 11 is 1.35. The average molecular weight is 503 g/mol. The Labute approximate surface area is 192 Å². The van der Waals surface area contributed by atoms with Crippen LogP contribution in [-0.4, -0.2) is 24.9 Å². The molecule has 0 saturated heterocycles. The standard InChI is InChI=1S/C9H7.C7H16O2Si.C5H5.2ClH.Zr/c1-2-5-9-7-3-6-8(9)4-1;1-5-8-6-7-9-10(2,3)4;1-2-4-5-3-1;;;/h1-7H;6-7H2,1-4H3;1-5H;2*1H;/q-1;;-1;;;+2/p-2.